The van der Waals surface area contributed by atoms with Gasteiger partial charge in [0, 0.05) is 18.7 Å². The van der Waals surface area contributed by atoms with Gasteiger partial charge >= 0.3 is 35.5 Å². The molecule has 5 N–H and O–H groups in total. The Hall–Kier alpha value is -0.850. The standard InChI is InChI=1S/C14H21N3O7S.Na/c15-7(12(21)22)2-1-3-8(19)16-9-10(20)17-4-14(5-18,13(23)24)6-25-11(9)17;/h7,9,11,18H,1-6,15H2,(H,16,19)(H,21,22)(H,23,24);/q;+1/p-1/t7?,9?,11-,14?;/m1./s1. The van der Waals surface area contributed by atoms with Crippen LogP contribution in [0, 0.1) is 5.41 Å². The smallest absolute Gasteiger partial charge is 0.549 e. The summed E-state index contributed by atoms with van der Waals surface area (Å²) < 4.78 is 0. The average Bonchev–Trinajstić information content (AvgIpc) is 2.58. The maximum atomic E-state index is 12.1. The van der Waals surface area contributed by atoms with E-state index >= 15 is 0 Å². The Labute approximate surface area is 176 Å². The molecule has 4 atom stereocenters. The molecule has 2 rings (SSSR count). The van der Waals surface area contributed by atoms with Gasteiger partial charge in [0.15, 0.2) is 0 Å². The van der Waals surface area contributed by atoms with Crippen molar-refractivity contribution in [2.45, 2.75) is 36.7 Å². The minimum atomic E-state index is -1.49. The molecule has 3 unspecified atom stereocenters. The molecule has 0 radical (unpaired) electrons. The molecular formula is C14H20N3NaO7S. The second-order valence-electron chi connectivity index (χ2n) is 6.28. The van der Waals surface area contributed by atoms with Gasteiger partial charge in [0.05, 0.1) is 18.0 Å². The van der Waals surface area contributed by atoms with E-state index in [1.165, 1.54) is 16.7 Å². The van der Waals surface area contributed by atoms with Crippen LogP contribution in [-0.2, 0) is 19.2 Å². The van der Waals surface area contributed by atoms with Crippen molar-refractivity contribution in [1.29, 1.82) is 0 Å². The van der Waals surface area contributed by atoms with Crippen LogP contribution in [0.1, 0.15) is 19.3 Å². The van der Waals surface area contributed by atoms with E-state index < -0.39 is 47.9 Å². The predicted octanol–water partition coefficient (Wildman–Crippen LogP) is -6.30. The first-order valence-corrected chi connectivity index (χ1v) is 8.79. The van der Waals surface area contributed by atoms with E-state index in [-0.39, 0.29) is 66.5 Å². The van der Waals surface area contributed by atoms with Crippen molar-refractivity contribution in [3.05, 3.63) is 0 Å². The third kappa shape index (κ3) is 4.70. The van der Waals surface area contributed by atoms with Crippen LogP contribution in [0.3, 0.4) is 0 Å². The number of carbonyl (C=O) groups excluding carboxylic acids is 3. The molecule has 0 aromatic carbocycles. The third-order valence-electron chi connectivity index (χ3n) is 4.43. The minimum absolute atomic E-state index is 0. The third-order valence-corrected chi connectivity index (χ3v) is 6.02. The van der Waals surface area contributed by atoms with Gasteiger partial charge in [0.1, 0.15) is 17.5 Å². The molecule has 0 bridgehead atoms. The Morgan fingerprint density at radius 2 is 2.12 bits per heavy atom. The first-order valence-electron chi connectivity index (χ1n) is 7.74. The number of hydrogen-bond donors (Lipinski definition) is 4. The number of aliphatic hydroxyl groups is 1. The summed E-state index contributed by atoms with van der Waals surface area (Å²) in [5.41, 5.74) is 3.86. The average molecular weight is 397 g/mol. The molecule has 0 aromatic heterocycles. The van der Waals surface area contributed by atoms with Crippen LogP contribution < -0.4 is 45.7 Å². The van der Waals surface area contributed by atoms with Gasteiger partial charge in [-0.05, 0) is 12.8 Å². The van der Waals surface area contributed by atoms with Crippen LogP contribution >= 0.6 is 11.8 Å². The van der Waals surface area contributed by atoms with Gasteiger partial charge in [-0.2, -0.15) is 0 Å². The number of nitrogens with two attached hydrogens (primary N) is 1. The number of nitrogens with one attached hydrogen (secondary N) is 1. The van der Waals surface area contributed by atoms with Gasteiger partial charge in [0.25, 0.3) is 0 Å². The van der Waals surface area contributed by atoms with Gasteiger partial charge < -0.3 is 36.1 Å². The number of aliphatic hydroxyl groups excluding tert-OH is 1. The van der Waals surface area contributed by atoms with Crippen molar-refractivity contribution in [2.75, 3.05) is 18.9 Å². The number of thioether (sulfide) groups is 1. The number of carbonyl (C=O) groups is 4. The number of carboxylic acids is 2. The fraction of sp³-hybridized carbons (Fsp3) is 0.714. The van der Waals surface area contributed by atoms with E-state index in [4.69, 9.17) is 10.8 Å². The van der Waals surface area contributed by atoms with Crippen LogP contribution in [0.25, 0.3) is 0 Å². The number of β-lactam (4-membered cyclic amide) rings is 1. The fourth-order valence-corrected chi connectivity index (χ4v) is 4.29. The van der Waals surface area contributed by atoms with E-state index in [0.29, 0.717) is 0 Å². The number of amides is 2. The number of rotatable bonds is 8. The molecule has 2 fully saturated rings. The summed E-state index contributed by atoms with van der Waals surface area (Å²) >= 11 is 1.17. The Morgan fingerprint density at radius 1 is 1.46 bits per heavy atom. The number of carboxylic acid groups (broad SMARTS) is 2. The van der Waals surface area contributed by atoms with E-state index in [0.717, 1.165) is 0 Å². The van der Waals surface area contributed by atoms with Crippen LogP contribution in [-0.4, -0.2) is 75.2 Å². The number of hydrogen-bond acceptors (Lipinski definition) is 8. The largest absolute Gasteiger partial charge is 1.00 e. The monoisotopic (exact) mass is 397 g/mol. The van der Waals surface area contributed by atoms with Crippen LogP contribution in [0.2, 0.25) is 0 Å². The summed E-state index contributed by atoms with van der Waals surface area (Å²) in [7, 11) is 0. The van der Waals surface area contributed by atoms with Crippen LogP contribution in [0.4, 0.5) is 0 Å². The number of nitrogens with zero attached hydrogens (tertiary/aromatic N) is 1. The molecule has 0 saturated carbocycles. The summed E-state index contributed by atoms with van der Waals surface area (Å²) in [5.74, 6) is -3.26. The van der Waals surface area contributed by atoms with Gasteiger partial charge in [0.2, 0.25) is 11.8 Å². The number of aliphatic carboxylic acids is 2. The summed E-state index contributed by atoms with van der Waals surface area (Å²) in [4.78, 5) is 47.1. The zero-order valence-electron chi connectivity index (χ0n) is 14.3. The zero-order chi connectivity index (χ0) is 18.8. The second-order valence-corrected chi connectivity index (χ2v) is 7.38. The Kier molecular flexibility index (Phi) is 8.36. The quantitative estimate of drug-likeness (QED) is 0.229. The summed E-state index contributed by atoms with van der Waals surface area (Å²) in [5, 5.41) is 31.4. The summed E-state index contributed by atoms with van der Waals surface area (Å²) in [6.07, 6.45) is 0.470. The van der Waals surface area contributed by atoms with Crippen molar-refractivity contribution in [1.82, 2.24) is 10.2 Å². The Balaban J connectivity index is 0.00000338. The molecule has 0 aromatic rings. The molecule has 26 heavy (non-hydrogen) atoms. The van der Waals surface area contributed by atoms with Gasteiger partial charge in [-0.25, -0.2) is 0 Å². The van der Waals surface area contributed by atoms with Gasteiger partial charge in [-0.3, -0.25) is 14.4 Å². The molecule has 2 aliphatic heterocycles. The van der Waals surface area contributed by atoms with Crippen molar-refractivity contribution >= 4 is 35.5 Å². The molecule has 2 heterocycles. The fourth-order valence-electron chi connectivity index (χ4n) is 2.76. The molecule has 2 amide bonds. The van der Waals surface area contributed by atoms with E-state index in [2.05, 4.69) is 5.32 Å². The molecular weight excluding hydrogens is 377 g/mol. The normalized spacial score (nSPS) is 28.2. The molecule has 0 spiro atoms. The minimum Gasteiger partial charge on any atom is -0.549 e. The maximum Gasteiger partial charge on any atom is 1.00 e. The first kappa shape index (κ1) is 23.2. The molecule has 0 aliphatic carbocycles. The van der Waals surface area contributed by atoms with Crippen LogP contribution in [0.5, 0.6) is 0 Å². The van der Waals surface area contributed by atoms with E-state index in [9.17, 15) is 29.4 Å². The summed E-state index contributed by atoms with van der Waals surface area (Å²) in [6, 6.07) is -1.78. The maximum absolute atomic E-state index is 12.1. The van der Waals surface area contributed by atoms with Crippen LogP contribution in [0.15, 0.2) is 0 Å². The molecule has 140 valence electrons. The zero-order valence-corrected chi connectivity index (χ0v) is 17.2. The first-order chi connectivity index (χ1) is 11.7. The van der Waals surface area contributed by atoms with Crippen molar-refractivity contribution in [3.8, 4) is 0 Å². The SMILES string of the molecule is NC(CCCC(=O)NC1C(=O)N2CC(CO)(C(=O)[O-])CS[C@H]12)C(=O)O.[Na+]. The molecule has 2 aliphatic rings. The van der Waals surface area contributed by atoms with E-state index in [1.807, 2.05) is 0 Å². The number of fused-ring (bicyclic) bond motifs is 1. The van der Waals surface area contributed by atoms with Crippen molar-refractivity contribution in [2.24, 2.45) is 11.1 Å². The Morgan fingerprint density at radius 3 is 2.65 bits per heavy atom. The molecule has 10 nitrogen and oxygen atoms in total. The van der Waals surface area contributed by atoms with Crippen molar-refractivity contribution in [3.63, 3.8) is 0 Å². The van der Waals surface area contributed by atoms with Gasteiger partial charge in [-0.15, -0.1) is 11.8 Å². The summed E-state index contributed by atoms with van der Waals surface area (Å²) in [6.45, 7) is -0.776. The second kappa shape index (κ2) is 9.38. The van der Waals surface area contributed by atoms with Crippen molar-refractivity contribution < 1.29 is 64.1 Å². The molecule has 2 saturated heterocycles. The predicted molar refractivity (Wildman–Crippen MR) is 83.9 cm³/mol. The Bertz CT molecular complexity index is 593. The molecule has 12 heteroatoms. The van der Waals surface area contributed by atoms with Gasteiger partial charge in [-0.1, -0.05) is 0 Å². The van der Waals surface area contributed by atoms with E-state index in [1.54, 1.807) is 0 Å². The topological polar surface area (TPSA) is 173 Å².